The molecule has 9 nitrogen and oxygen atoms in total. The van der Waals surface area contributed by atoms with Crippen LogP contribution in [0.4, 0.5) is 5.82 Å². The van der Waals surface area contributed by atoms with Gasteiger partial charge in [-0.3, -0.25) is 4.79 Å². The van der Waals surface area contributed by atoms with Gasteiger partial charge in [-0.2, -0.15) is 0 Å². The molecule has 1 saturated carbocycles. The number of Topliss-reactive ketones (excluding diaryl/α,β-unsaturated/α-hetero) is 1. The van der Waals surface area contributed by atoms with Crippen molar-refractivity contribution in [1.29, 1.82) is 0 Å². The molecular weight excluding hydrogens is 518 g/mol. The lowest BCUT2D eigenvalue weighted by Crippen LogP contribution is -2.58. The van der Waals surface area contributed by atoms with E-state index in [1.54, 1.807) is 39.3 Å². The fraction of sp³-hybridized carbons (Fsp3) is 0.552. The minimum absolute atomic E-state index is 0.122. The summed E-state index contributed by atoms with van der Waals surface area (Å²) < 4.78 is 11.4. The summed E-state index contributed by atoms with van der Waals surface area (Å²) in [6.07, 6.45) is 4.07. The Bertz CT molecular complexity index is 1230. The Balaban J connectivity index is 1.72. The highest BCUT2D eigenvalue weighted by Gasteiger charge is 2.46. The highest BCUT2D eigenvalue weighted by molar-refractivity contribution is 6.33. The van der Waals surface area contributed by atoms with E-state index in [1.165, 1.54) is 6.92 Å². The molecule has 4 N–H and O–H groups in total. The third-order valence-corrected chi connectivity index (χ3v) is 8.17. The van der Waals surface area contributed by atoms with Crippen molar-refractivity contribution in [2.75, 3.05) is 45.3 Å². The average molecular weight is 558 g/mol. The van der Waals surface area contributed by atoms with Gasteiger partial charge in [0.1, 0.15) is 24.3 Å². The van der Waals surface area contributed by atoms with Gasteiger partial charge in [-0.05, 0) is 71.7 Å². The zero-order chi connectivity index (χ0) is 28.3. The predicted octanol–water partition coefficient (Wildman–Crippen LogP) is 3.74. The number of nitrogens with zero attached hydrogens (tertiary/aromatic N) is 3. The molecule has 1 spiro atoms. The molecule has 0 amide bonds. The van der Waals surface area contributed by atoms with Crippen LogP contribution in [0.5, 0.6) is 5.75 Å². The smallest absolute Gasteiger partial charge is 0.163 e. The van der Waals surface area contributed by atoms with E-state index in [0.29, 0.717) is 51.8 Å². The van der Waals surface area contributed by atoms with Crippen LogP contribution in [-0.2, 0) is 9.53 Å². The van der Waals surface area contributed by atoms with Crippen molar-refractivity contribution in [2.45, 2.75) is 58.7 Å². The second-order valence-electron chi connectivity index (χ2n) is 10.9. The minimum atomic E-state index is -0.656. The summed E-state index contributed by atoms with van der Waals surface area (Å²) >= 11 is 6.64. The van der Waals surface area contributed by atoms with Crippen molar-refractivity contribution < 1.29 is 19.4 Å². The molecule has 1 aliphatic heterocycles. The first-order valence-corrected chi connectivity index (χ1v) is 13.8. The third-order valence-electron chi connectivity index (χ3n) is 7.84. The highest BCUT2D eigenvalue weighted by Crippen LogP contribution is 2.47. The van der Waals surface area contributed by atoms with Gasteiger partial charge in [-0.25, -0.2) is 9.97 Å². The average Bonchev–Trinajstić information content (AvgIpc) is 2.88. The molecule has 10 heteroatoms. The molecule has 2 aromatic rings. The Labute approximate surface area is 235 Å². The van der Waals surface area contributed by atoms with Gasteiger partial charge in [0.15, 0.2) is 11.6 Å². The summed E-state index contributed by atoms with van der Waals surface area (Å²) in [5.41, 5.74) is 9.13. The summed E-state index contributed by atoms with van der Waals surface area (Å²) in [6.45, 7) is 7.46. The van der Waals surface area contributed by atoms with Crippen LogP contribution in [-0.4, -0.2) is 73.5 Å². The number of nitrogens with one attached hydrogen (secondary N) is 1. The Morgan fingerprint density at radius 3 is 2.56 bits per heavy atom. The topological polar surface area (TPSA) is 123 Å². The molecule has 39 heavy (non-hydrogen) atoms. The number of rotatable bonds is 10. The number of aliphatic hydroxyl groups excluding tert-OH is 1. The molecule has 2 heterocycles. The number of aliphatic hydroxyl groups is 1. The molecule has 1 aromatic carbocycles. The molecule has 0 unspecified atom stereocenters. The number of hydrogen-bond acceptors (Lipinski definition) is 9. The second kappa shape index (κ2) is 12.2. The normalized spacial score (nSPS) is 18.5. The first-order chi connectivity index (χ1) is 18.6. The van der Waals surface area contributed by atoms with Gasteiger partial charge in [0.25, 0.3) is 0 Å². The maximum absolute atomic E-state index is 12.7. The van der Waals surface area contributed by atoms with Crippen LogP contribution in [0, 0.1) is 12.3 Å². The van der Waals surface area contributed by atoms with E-state index in [9.17, 15) is 9.90 Å². The van der Waals surface area contributed by atoms with Crippen molar-refractivity contribution in [3.63, 3.8) is 0 Å². The molecule has 1 atom stereocenters. The molecule has 1 aromatic heterocycles. The summed E-state index contributed by atoms with van der Waals surface area (Å²) in [6, 6.07) is 5.24. The third kappa shape index (κ3) is 6.38. The van der Waals surface area contributed by atoms with Gasteiger partial charge >= 0.3 is 0 Å². The van der Waals surface area contributed by atoms with Gasteiger partial charge in [-0.15, -0.1) is 0 Å². The number of hydrogen-bond donors (Lipinski definition) is 3. The number of likely N-dealkylation sites (N-methyl/N-ethyl adjacent to an activating group) is 1. The van der Waals surface area contributed by atoms with Gasteiger partial charge in [0, 0.05) is 49.0 Å². The van der Waals surface area contributed by atoms with E-state index in [2.05, 4.69) is 10.2 Å². The van der Waals surface area contributed by atoms with Crippen LogP contribution in [0.15, 0.2) is 23.9 Å². The van der Waals surface area contributed by atoms with Gasteiger partial charge in [0.2, 0.25) is 0 Å². The Morgan fingerprint density at radius 1 is 1.28 bits per heavy atom. The summed E-state index contributed by atoms with van der Waals surface area (Å²) in [5, 5.41) is 13.4. The number of carbonyl (C=O) groups excluding carboxylic acids is 1. The van der Waals surface area contributed by atoms with Crippen LogP contribution >= 0.6 is 11.6 Å². The molecule has 0 bridgehead atoms. The van der Waals surface area contributed by atoms with Crippen LogP contribution in [0.3, 0.4) is 0 Å². The van der Waals surface area contributed by atoms with E-state index >= 15 is 0 Å². The van der Waals surface area contributed by atoms with Crippen LogP contribution in [0.25, 0.3) is 17.0 Å². The number of methoxy groups -OCH3 is 1. The fourth-order valence-electron chi connectivity index (χ4n) is 5.73. The van der Waals surface area contributed by atoms with Gasteiger partial charge in [0.05, 0.1) is 22.4 Å². The monoisotopic (exact) mass is 557 g/mol. The van der Waals surface area contributed by atoms with Crippen LogP contribution in [0.2, 0.25) is 5.02 Å². The molecule has 212 valence electrons. The first-order valence-electron chi connectivity index (χ1n) is 13.5. The Morgan fingerprint density at radius 2 is 1.97 bits per heavy atom. The van der Waals surface area contributed by atoms with Gasteiger partial charge in [-0.1, -0.05) is 11.6 Å². The lowest BCUT2D eigenvalue weighted by Gasteiger charge is -2.54. The number of allylic oxidation sites excluding steroid dienone is 2. The molecule has 2 fully saturated rings. The van der Waals surface area contributed by atoms with E-state index < -0.39 is 6.10 Å². The summed E-state index contributed by atoms with van der Waals surface area (Å²) in [4.78, 5) is 24.7. The molecule has 1 saturated heterocycles. The van der Waals surface area contributed by atoms with E-state index in [4.69, 9.17) is 36.8 Å². The molecular formula is C29H40ClN5O4. The van der Waals surface area contributed by atoms with Crippen molar-refractivity contribution >= 4 is 28.8 Å². The predicted molar refractivity (Wildman–Crippen MR) is 154 cm³/mol. The quantitative estimate of drug-likeness (QED) is 0.375. The number of nitrogens with two attached hydrogens (primary N) is 1. The summed E-state index contributed by atoms with van der Waals surface area (Å²) in [7, 11) is 3.56. The Kier molecular flexibility index (Phi) is 9.16. The van der Waals surface area contributed by atoms with Crippen molar-refractivity contribution in [2.24, 2.45) is 11.1 Å². The lowest BCUT2D eigenvalue weighted by atomic mass is 9.68. The number of anilines is 1. The SMILES string of the molecule is CNC[C@@H](O)COc1ccc(Cl)c(-c2nc(C(C(C)=O)=C(C)N)c(C)c(N3CC4(CCC(OC)CC4)C3)n2)c1. The molecule has 0 radical (unpaired) electrons. The van der Waals surface area contributed by atoms with Crippen molar-refractivity contribution in [3.8, 4) is 17.1 Å². The lowest BCUT2D eigenvalue weighted by molar-refractivity contribution is -0.111. The van der Waals surface area contributed by atoms with Crippen molar-refractivity contribution in [3.05, 3.63) is 40.2 Å². The number of ether oxygens (including phenoxy) is 2. The molecule has 2 aliphatic rings. The number of aromatic nitrogens is 2. The zero-order valence-corrected chi connectivity index (χ0v) is 24.3. The number of halogens is 1. The van der Waals surface area contributed by atoms with E-state index in [-0.39, 0.29) is 17.8 Å². The van der Waals surface area contributed by atoms with E-state index in [0.717, 1.165) is 50.2 Å². The largest absolute Gasteiger partial charge is 0.491 e. The molecule has 4 rings (SSSR count). The number of ketones is 1. The summed E-state index contributed by atoms with van der Waals surface area (Å²) in [5.74, 6) is 1.54. The standard InChI is InChI=1S/C29H40ClN5O4/c1-17-26(25(18(2)31)19(3)36)33-27(23-12-22(6-7-24(23)30)39-14-20(37)13-32-4)34-28(17)35-15-29(16-35)10-8-21(38-5)9-11-29/h6-7,12,20-21,32,37H,8-11,13-16,31H2,1-5H3/t20-/m1/s1. The minimum Gasteiger partial charge on any atom is -0.491 e. The second-order valence-corrected chi connectivity index (χ2v) is 11.3. The van der Waals surface area contributed by atoms with E-state index in [1.807, 2.05) is 6.92 Å². The maximum atomic E-state index is 12.7. The number of carbonyl (C=O) groups is 1. The molecule has 1 aliphatic carbocycles. The van der Waals surface area contributed by atoms with Crippen molar-refractivity contribution in [1.82, 2.24) is 15.3 Å². The Hall–Kier alpha value is -2.72. The first kappa shape index (κ1) is 29.3. The fourth-order valence-corrected chi connectivity index (χ4v) is 5.93. The maximum Gasteiger partial charge on any atom is 0.163 e. The van der Waals surface area contributed by atoms with Gasteiger partial charge < -0.3 is 30.5 Å². The highest BCUT2D eigenvalue weighted by atomic mass is 35.5. The number of benzene rings is 1. The van der Waals surface area contributed by atoms with Crippen LogP contribution in [0.1, 0.15) is 50.8 Å². The van der Waals surface area contributed by atoms with Crippen LogP contribution < -0.4 is 20.7 Å². The zero-order valence-electron chi connectivity index (χ0n) is 23.5.